The molecule has 1 spiro atoms. The molecule has 0 aromatic heterocycles. The third-order valence-electron chi connectivity index (χ3n) is 4.57. The molecule has 3 aliphatic heterocycles. The van der Waals surface area contributed by atoms with E-state index in [4.69, 9.17) is 9.47 Å². The summed E-state index contributed by atoms with van der Waals surface area (Å²) in [5.74, 6) is -0.293. The molecule has 2 amide bonds. The van der Waals surface area contributed by atoms with E-state index in [2.05, 4.69) is 17.1 Å². The molecule has 0 atom stereocenters. The molecule has 3 fully saturated rings. The maximum absolute atomic E-state index is 11.8. The Bertz CT molecular complexity index is 342. The van der Waals surface area contributed by atoms with Crippen LogP contribution in [-0.2, 0) is 9.47 Å². The van der Waals surface area contributed by atoms with Gasteiger partial charge in [0.1, 0.15) is 0 Å². The number of urea groups is 1. The summed E-state index contributed by atoms with van der Waals surface area (Å²) in [6, 6.07) is 0.597. The number of hydrogen-bond donors (Lipinski definition) is 1. The van der Waals surface area contributed by atoms with Crippen LogP contribution in [0.5, 0.6) is 0 Å². The van der Waals surface area contributed by atoms with Gasteiger partial charge in [-0.25, -0.2) is 4.79 Å². The maximum Gasteiger partial charge on any atom is 0.317 e. The smallest absolute Gasteiger partial charge is 0.317 e. The number of rotatable bonds is 3. The summed E-state index contributed by atoms with van der Waals surface area (Å²) >= 11 is 0. The Hall–Kier alpha value is -0.850. The lowest BCUT2D eigenvalue weighted by atomic mass is 9.99. The maximum atomic E-state index is 11.8. The highest BCUT2D eigenvalue weighted by molar-refractivity contribution is 5.75. The van der Waals surface area contributed by atoms with Gasteiger partial charge in [0, 0.05) is 51.6 Å². The van der Waals surface area contributed by atoms with Gasteiger partial charge in [-0.2, -0.15) is 0 Å². The van der Waals surface area contributed by atoms with Gasteiger partial charge >= 0.3 is 6.03 Å². The Morgan fingerprint density at radius 2 is 1.90 bits per heavy atom. The minimum atomic E-state index is -0.293. The molecule has 0 radical (unpaired) electrons. The van der Waals surface area contributed by atoms with Crippen molar-refractivity contribution in [2.45, 2.75) is 38.0 Å². The molecule has 3 rings (SSSR count). The van der Waals surface area contributed by atoms with Crippen molar-refractivity contribution in [3.05, 3.63) is 0 Å². The molecule has 0 unspecified atom stereocenters. The number of ether oxygens (including phenoxy) is 2. The highest BCUT2D eigenvalue weighted by Crippen LogP contribution is 2.32. The summed E-state index contributed by atoms with van der Waals surface area (Å²) in [7, 11) is 0. The summed E-state index contributed by atoms with van der Waals surface area (Å²) in [5.41, 5.74) is 0. The van der Waals surface area contributed by atoms with Crippen LogP contribution in [0, 0.1) is 0 Å². The van der Waals surface area contributed by atoms with Crippen molar-refractivity contribution < 1.29 is 14.3 Å². The number of carbonyl (C=O) groups is 1. The number of nitrogens with zero attached hydrogens (tertiary/aromatic N) is 2. The van der Waals surface area contributed by atoms with E-state index in [1.807, 2.05) is 4.90 Å². The van der Waals surface area contributed by atoms with E-state index in [1.54, 1.807) is 0 Å². The summed E-state index contributed by atoms with van der Waals surface area (Å²) in [4.78, 5) is 16.1. The molecule has 6 heteroatoms. The second-order valence-electron chi connectivity index (χ2n) is 5.93. The van der Waals surface area contributed by atoms with Crippen LogP contribution < -0.4 is 5.32 Å². The normalized spacial score (nSPS) is 26.8. The lowest BCUT2D eigenvalue weighted by Crippen LogP contribution is -2.64. The number of nitrogens with one attached hydrogen (secondary N) is 1. The van der Waals surface area contributed by atoms with Gasteiger partial charge in [-0.1, -0.05) is 6.92 Å². The highest BCUT2D eigenvalue weighted by Gasteiger charge is 2.43. The Morgan fingerprint density at radius 3 is 2.50 bits per heavy atom. The van der Waals surface area contributed by atoms with Crippen LogP contribution in [0.3, 0.4) is 0 Å². The molecule has 0 bridgehead atoms. The minimum Gasteiger partial charge on any atom is -0.347 e. The third kappa shape index (κ3) is 2.77. The molecule has 3 saturated heterocycles. The fourth-order valence-corrected chi connectivity index (χ4v) is 3.21. The Morgan fingerprint density at radius 1 is 1.25 bits per heavy atom. The topological polar surface area (TPSA) is 54.0 Å². The summed E-state index contributed by atoms with van der Waals surface area (Å²) in [5, 5.41) is 2.93. The predicted octanol–water partition coefficient (Wildman–Crippen LogP) is 0.629. The Labute approximate surface area is 120 Å². The second-order valence-corrected chi connectivity index (χ2v) is 5.93. The quantitative estimate of drug-likeness (QED) is 0.825. The second kappa shape index (κ2) is 5.87. The molecule has 3 heterocycles. The number of piperidine rings is 1. The summed E-state index contributed by atoms with van der Waals surface area (Å²) < 4.78 is 11.5. The molecule has 114 valence electrons. The van der Waals surface area contributed by atoms with E-state index in [9.17, 15) is 4.79 Å². The minimum absolute atomic E-state index is 0.0824. The molecule has 6 nitrogen and oxygen atoms in total. The van der Waals surface area contributed by atoms with Gasteiger partial charge in [0.15, 0.2) is 5.79 Å². The van der Waals surface area contributed by atoms with Crippen molar-refractivity contribution >= 4 is 6.03 Å². The van der Waals surface area contributed by atoms with E-state index in [-0.39, 0.29) is 11.8 Å². The van der Waals surface area contributed by atoms with E-state index in [0.717, 1.165) is 65.2 Å². The first-order valence-corrected chi connectivity index (χ1v) is 7.77. The van der Waals surface area contributed by atoms with Crippen LogP contribution in [0.4, 0.5) is 4.79 Å². The van der Waals surface area contributed by atoms with Crippen LogP contribution in [-0.4, -0.2) is 73.6 Å². The zero-order chi connectivity index (χ0) is 14.0. The van der Waals surface area contributed by atoms with E-state index < -0.39 is 0 Å². The van der Waals surface area contributed by atoms with Crippen molar-refractivity contribution in [2.24, 2.45) is 0 Å². The number of likely N-dealkylation sites (tertiary alicyclic amines) is 2. The molecular weight excluding hydrogens is 258 g/mol. The number of hydrogen-bond acceptors (Lipinski definition) is 4. The van der Waals surface area contributed by atoms with Crippen LogP contribution in [0.1, 0.15) is 26.2 Å². The van der Waals surface area contributed by atoms with E-state index in [0.29, 0.717) is 6.04 Å². The van der Waals surface area contributed by atoms with Crippen LogP contribution in [0.25, 0.3) is 0 Å². The largest absolute Gasteiger partial charge is 0.347 e. The molecule has 20 heavy (non-hydrogen) atoms. The number of amides is 2. The van der Waals surface area contributed by atoms with Gasteiger partial charge in [-0.3, -0.25) is 4.90 Å². The first-order chi connectivity index (χ1) is 9.72. The lowest BCUT2D eigenvalue weighted by molar-refractivity contribution is -0.190. The van der Waals surface area contributed by atoms with Crippen molar-refractivity contribution in [1.29, 1.82) is 0 Å². The zero-order valence-electron chi connectivity index (χ0n) is 12.3. The van der Waals surface area contributed by atoms with E-state index in [1.165, 1.54) is 0 Å². The highest BCUT2D eigenvalue weighted by atomic mass is 16.7. The SMILES string of the molecule is CCCNC(=O)N1CC(N2CCC3(CC2)OCCO3)C1. The van der Waals surface area contributed by atoms with Crippen molar-refractivity contribution in [3.63, 3.8) is 0 Å². The van der Waals surface area contributed by atoms with Gasteiger partial charge in [-0.15, -0.1) is 0 Å². The standard InChI is InChI=1S/C14H25N3O3/c1-2-5-15-13(18)17-10-12(11-17)16-6-3-14(4-7-16)19-8-9-20-14/h12H,2-11H2,1H3,(H,15,18). The van der Waals surface area contributed by atoms with Crippen molar-refractivity contribution in [3.8, 4) is 0 Å². The zero-order valence-corrected chi connectivity index (χ0v) is 12.3. The molecule has 0 saturated carbocycles. The molecular formula is C14H25N3O3. The summed E-state index contributed by atoms with van der Waals surface area (Å²) in [6.45, 7) is 8.01. The fourth-order valence-electron chi connectivity index (χ4n) is 3.21. The molecule has 0 aromatic carbocycles. The van der Waals surface area contributed by atoms with Crippen molar-refractivity contribution in [1.82, 2.24) is 15.1 Å². The van der Waals surface area contributed by atoms with Gasteiger partial charge in [0.05, 0.1) is 13.2 Å². The molecule has 3 aliphatic rings. The average Bonchev–Trinajstić information content (AvgIpc) is 2.85. The van der Waals surface area contributed by atoms with E-state index >= 15 is 0 Å². The Kier molecular flexibility index (Phi) is 4.14. The van der Waals surface area contributed by atoms with Crippen molar-refractivity contribution in [2.75, 3.05) is 45.9 Å². The Balaban J connectivity index is 1.39. The number of carbonyl (C=O) groups excluding carboxylic acids is 1. The van der Waals surface area contributed by atoms with Gasteiger partial charge in [0.2, 0.25) is 0 Å². The lowest BCUT2D eigenvalue weighted by Gasteiger charge is -2.48. The first kappa shape index (κ1) is 14.1. The third-order valence-corrected chi connectivity index (χ3v) is 4.57. The monoisotopic (exact) mass is 283 g/mol. The van der Waals surface area contributed by atoms with Gasteiger partial charge < -0.3 is 19.7 Å². The molecule has 1 N–H and O–H groups in total. The van der Waals surface area contributed by atoms with Gasteiger partial charge in [-0.05, 0) is 6.42 Å². The van der Waals surface area contributed by atoms with Crippen LogP contribution in [0.2, 0.25) is 0 Å². The van der Waals surface area contributed by atoms with Crippen LogP contribution in [0.15, 0.2) is 0 Å². The van der Waals surface area contributed by atoms with Crippen LogP contribution >= 0.6 is 0 Å². The first-order valence-electron chi connectivity index (χ1n) is 7.77. The molecule has 0 aromatic rings. The van der Waals surface area contributed by atoms with Gasteiger partial charge in [0.25, 0.3) is 0 Å². The molecule has 0 aliphatic carbocycles. The summed E-state index contributed by atoms with van der Waals surface area (Å²) in [6.07, 6.45) is 2.88. The fraction of sp³-hybridized carbons (Fsp3) is 0.929. The predicted molar refractivity (Wildman–Crippen MR) is 74.5 cm³/mol. The average molecular weight is 283 g/mol.